The van der Waals surface area contributed by atoms with Crippen LogP contribution in [0.15, 0.2) is 17.0 Å². The lowest BCUT2D eigenvalue weighted by Crippen LogP contribution is -2.21. The maximum absolute atomic E-state index is 11.8. The summed E-state index contributed by atoms with van der Waals surface area (Å²) < 4.78 is 17.0. The first-order valence-corrected chi connectivity index (χ1v) is 7.87. The second kappa shape index (κ2) is 6.99. The van der Waals surface area contributed by atoms with Gasteiger partial charge in [0.25, 0.3) is 0 Å². The molecule has 1 heterocycles. The molecule has 1 aliphatic heterocycles. The van der Waals surface area contributed by atoms with Crippen molar-refractivity contribution >= 4 is 17.5 Å². The standard InChI is InChI=1S/C15H20O4S/c1-4-6-17-15(5-2)19-12-8-14-13(18-9-20-14)7-11(12)10(3)16/h7-8,15H,4-6,9H2,1-3H3. The molecule has 1 aliphatic rings. The van der Waals surface area contributed by atoms with Crippen LogP contribution in [0.4, 0.5) is 0 Å². The number of benzene rings is 1. The minimum absolute atomic E-state index is 0.0337. The molecule has 1 atom stereocenters. The Balaban J connectivity index is 2.23. The summed E-state index contributed by atoms with van der Waals surface area (Å²) in [6.07, 6.45) is 1.35. The lowest BCUT2D eigenvalue weighted by molar-refractivity contribution is -0.0815. The minimum atomic E-state index is -0.321. The number of thioether (sulfide) groups is 1. The first-order chi connectivity index (χ1) is 9.65. The minimum Gasteiger partial charge on any atom is -0.481 e. The normalized spacial score (nSPS) is 14.6. The molecule has 1 aromatic rings. The van der Waals surface area contributed by atoms with Crippen molar-refractivity contribution in [1.29, 1.82) is 0 Å². The van der Waals surface area contributed by atoms with E-state index in [4.69, 9.17) is 14.2 Å². The maximum Gasteiger partial charge on any atom is 0.199 e. The second-order valence-corrected chi connectivity index (χ2v) is 5.55. The van der Waals surface area contributed by atoms with Gasteiger partial charge in [0.15, 0.2) is 12.1 Å². The number of carbonyl (C=O) groups excluding carboxylic acids is 1. The van der Waals surface area contributed by atoms with Crippen molar-refractivity contribution in [3.63, 3.8) is 0 Å². The first-order valence-electron chi connectivity index (χ1n) is 6.88. The Kier molecular flexibility index (Phi) is 5.31. The van der Waals surface area contributed by atoms with Crippen molar-refractivity contribution < 1.29 is 19.0 Å². The Morgan fingerprint density at radius 3 is 2.90 bits per heavy atom. The molecule has 0 N–H and O–H groups in total. The van der Waals surface area contributed by atoms with Crippen molar-refractivity contribution in [2.75, 3.05) is 12.5 Å². The zero-order valence-corrected chi connectivity index (χ0v) is 12.9. The lowest BCUT2D eigenvalue weighted by atomic mass is 10.1. The van der Waals surface area contributed by atoms with E-state index in [1.807, 2.05) is 13.0 Å². The van der Waals surface area contributed by atoms with E-state index in [9.17, 15) is 4.79 Å². The first kappa shape index (κ1) is 15.2. The van der Waals surface area contributed by atoms with Gasteiger partial charge in [0.1, 0.15) is 17.4 Å². The molecule has 0 bridgehead atoms. The quantitative estimate of drug-likeness (QED) is 0.564. The number of ether oxygens (including phenoxy) is 3. The van der Waals surface area contributed by atoms with Crippen molar-refractivity contribution in [1.82, 2.24) is 0 Å². The van der Waals surface area contributed by atoms with Gasteiger partial charge in [0.05, 0.1) is 17.1 Å². The molecule has 0 saturated heterocycles. The number of Topliss-reactive ketones (excluding diaryl/α,β-unsaturated/α-hetero) is 1. The molecular formula is C15H20O4S. The van der Waals surface area contributed by atoms with Crippen LogP contribution in [0.5, 0.6) is 11.5 Å². The summed E-state index contributed by atoms with van der Waals surface area (Å²) in [6.45, 7) is 6.23. The molecule has 0 saturated carbocycles. The van der Waals surface area contributed by atoms with Crippen LogP contribution >= 0.6 is 11.8 Å². The van der Waals surface area contributed by atoms with Gasteiger partial charge in [-0.05, 0) is 25.5 Å². The summed E-state index contributed by atoms with van der Waals surface area (Å²) in [4.78, 5) is 12.8. The van der Waals surface area contributed by atoms with E-state index in [1.165, 1.54) is 6.92 Å². The number of hydrogen-bond acceptors (Lipinski definition) is 5. The van der Waals surface area contributed by atoms with Crippen LogP contribution in [-0.2, 0) is 4.74 Å². The van der Waals surface area contributed by atoms with E-state index in [2.05, 4.69) is 6.92 Å². The van der Waals surface area contributed by atoms with Gasteiger partial charge in [0, 0.05) is 6.42 Å². The molecule has 5 heteroatoms. The number of rotatable bonds is 7. The maximum atomic E-state index is 11.8. The molecule has 20 heavy (non-hydrogen) atoms. The Labute approximate surface area is 123 Å². The molecule has 0 aromatic heterocycles. The largest absolute Gasteiger partial charge is 0.481 e. The topological polar surface area (TPSA) is 44.8 Å². The van der Waals surface area contributed by atoms with Gasteiger partial charge in [-0.15, -0.1) is 0 Å². The molecule has 0 fully saturated rings. The molecule has 1 aromatic carbocycles. The lowest BCUT2D eigenvalue weighted by Gasteiger charge is -2.19. The van der Waals surface area contributed by atoms with E-state index in [0.29, 0.717) is 23.9 Å². The second-order valence-electron chi connectivity index (χ2n) is 4.58. The Hall–Kier alpha value is -1.20. The SMILES string of the molecule is CCCOC(CC)Oc1cc2c(cc1C(C)=O)OCS2. The highest BCUT2D eigenvalue weighted by Crippen LogP contribution is 2.41. The van der Waals surface area contributed by atoms with Crippen molar-refractivity contribution in [3.05, 3.63) is 17.7 Å². The zero-order valence-electron chi connectivity index (χ0n) is 12.1. The Bertz CT molecular complexity index is 487. The number of ketones is 1. The third kappa shape index (κ3) is 3.46. The third-order valence-corrected chi connectivity index (χ3v) is 3.82. The third-order valence-electron chi connectivity index (χ3n) is 2.95. The fourth-order valence-electron chi connectivity index (χ4n) is 1.92. The molecule has 2 rings (SSSR count). The summed E-state index contributed by atoms with van der Waals surface area (Å²) in [5.41, 5.74) is 0.546. The van der Waals surface area contributed by atoms with E-state index in [1.54, 1.807) is 17.8 Å². The summed E-state index contributed by atoms with van der Waals surface area (Å²) in [5, 5.41) is 0. The molecule has 4 nitrogen and oxygen atoms in total. The van der Waals surface area contributed by atoms with Crippen LogP contribution in [0, 0.1) is 0 Å². The van der Waals surface area contributed by atoms with E-state index < -0.39 is 0 Å². The molecular weight excluding hydrogens is 276 g/mol. The molecule has 0 aliphatic carbocycles. The molecule has 0 amide bonds. The number of hydrogen-bond donors (Lipinski definition) is 0. The molecule has 0 radical (unpaired) electrons. The molecule has 0 spiro atoms. The highest BCUT2D eigenvalue weighted by atomic mass is 32.2. The van der Waals surface area contributed by atoms with Gasteiger partial charge in [-0.2, -0.15) is 0 Å². The zero-order chi connectivity index (χ0) is 14.5. The van der Waals surface area contributed by atoms with Gasteiger partial charge in [-0.3, -0.25) is 4.79 Å². The van der Waals surface area contributed by atoms with Crippen LogP contribution in [0.2, 0.25) is 0 Å². The summed E-state index contributed by atoms with van der Waals surface area (Å²) >= 11 is 1.60. The fourth-order valence-corrected chi connectivity index (χ4v) is 2.69. The van der Waals surface area contributed by atoms with E-state index in [-0.39, 0.29) is 12.1 Å². The monoisotopic (exact) mass is 296 g/mol. The van der Waals surface area contributed by atoms with Gasteiger partial charge >= 0.3 is 0 Å². The number of carbonyl (C=O) groups is 1. The van der Waals surface area contributed by atoms with Crippen LogP contribution < -0.4 is 9.47 Å². The Morgan fingerprint density at radius 1 is 1.45 bits per heavy atom. The molecule has 110 valence electrons. The highest BCUT2D eigenvalue weighted by molar-refractivity contribution is 7.99. The van der Waals surface area contributed by atoms with Gasteiger partial charge in [-0.1, -0.05) is 25.6 Å². The fraction of sp³-hybridized carbons (Fsp3) is 0.533. The summed E-state index contributed by atoms with van der Waals surface area (Å²) in [7, 11) is 0. The number of fused-ring (bicyclic) bond motifs is 1. The van der Waals surface area contributed by atoms with Crippen molar-refractivity contribution in [2.45, 2.75) is 44.8 Å². The highest BCUT2D eigenvalue weighted by Gasteiger charge is 2.21. The van der Waals surface area contributed by atoms with Crippen LogP contribution in [0.1, 0.15) is 44.0 Å². The smallest absolute Gasteiger partial charge is 0.199 e. The van der Waals surface area contributed by atoms with Gasteiger partial charge < -0.3 is 14.2 Å². The van der Waals surface area contributed by atoms with E-state index >= 15 is 0 Å². The average Bonchev–Trinajstić information content (AvgIpc) is 2.89. The average molecular weight is 296 g/mol. The summed E-state index contributed by atoms with van der Waals surface area (Å²) in [5.74, 6) is 1.89. The predicted octanol–water partition coefficient (Wildman–Crippen LogP) is 3.87. The summed E-state index contributed by atoms with van der Waals surface area (Å²) in [6, 6.07) is 3.64. The van der Waals surface area contributed by atoms with Crippen LogP contribution in [0.3, 0.4) is 0 Å². The van der Waals surface area contributed by atoms with E-state index in [0.717, 1.165) is 23.5 Å². The Morgan fingerprint density at radius 2 is 2.25 bits per heavy atom. The van der Waals surface area contributed by atoms with Gasteiger partial charge in [0.2, 0.25) is 0 Å². The van der Waals surface area contributed by atoms with Crippen molar-refractivity contribution in [3.8, 4) is 11.5 Å². The van der Waals surface area contributed by atoms with Crippen LogP contribution in [0.25, 0.3) is 0 Å². The van der Waals surface area contributed by atoms with Crippen LogP contribution in [-0.4, -0.2) is 24.6 Å². The van der Waals surface area contributed by atoms with Crippen molar-refractivity contribution in [2.24, 2.45) is 0 Å². The molecule has 1 unspecified atom stereocenters. The van der Waals surface area contributed by atoms with Gasteiger partial charge in [-0.25, -0.2) is 0 Å². The predicted molar refractivity (Wildman–Crippen MR) is 78.7 cm³/mol.